The van der Waals surface area contributed by atoms with Crippen molar-refractivity contribution in [3.8, 4) is 0 Å². The van der Waals surface area contributed by atoms with Gasteiger partial charge < -0.3 is 10.2 Å². The Balaban J connectivity index is 1.71. The van der Waals surface area contributed by atoms with Crippen LogP contribution in [0.4, 0.5) is 11.5 Å². The first kappa shape index (κ1) is 16.4. The maximum Gasteiger partial charge on any atom is 0.274 e. The van der Waals surface area contributed by atoms with Gasteiger partial charge in [-0.3, -0.25) is 4.79 Å². The van der Waals surface area contributed by atoms with Gasteiger partial charge in [-0.2, -0.15) is 0 Å². The summed E-state index contributed by atoms with van der Waals surface area (Å²) >= 11 is 0. The molecule has 24 heavy (non-hydrogen) atoms. The Bertz CT molecular complexity index is 713. The van der Waals surface area contributed by atoms with Gasteiger partial charge in [0.1, 0.15) is 17.8 Å². The number of rotatable bonds is 3. The van der Waals surface area contributed by atoms with Gasteiger partial charge in [0, 0.05) is 24.8 Å². The van der Waals surface area contributed by atoms with Crippen LogP contribution in [0.3, 0.4) is 0 Å². The average molecular weight is 324 g/mol. The number of carbonyl (C=O) groups excluding carboxylic acids is 1. The van der Waals surface area contributed by atoms with Crippen LogP contribution in [0.15, 0.2) is 36.7 Å². The summed E-state index contributed by atoms with van der Waals surface area (Å²) in [6.45, 7) is 8.49. The maximum absolute atomic E-state index is 12.4. The van der Waals surface area contributed by atoms with Crippen LogP contribution in [-0.4, -0.2) is 29.0 Å². The van der Waals surface area contributed by atoms with E-state index < -0.39 is 0 Å². The smallest absolute Gasteiger partial charge is 0.274 e. The van der Waals surface area contributed by atoms with Gasteiger partial charge in [-0.15, -0.1) is 0 Å². The standard InChI is InChI=1S/C19H24N4O/c1-19(2,3)14-6-8-15(9-7-14)22-18(24)16-12-17(21-13-20-16)23-10-4-5-11-23/h6-9,12-13H,4-5,10-11H2,1-3H3,(H,22,24). The Morgan fingerprint density at radius 3 is 2.38 bits per heavy atom. The van der Waals surface area contributed by atoms with E-state index in [2.05, 4.69) is 41.0 Å². The summed E-state index contributed by atoms with van der Waals surface area (Å²) in [5, 5.41) is 2.91. The number of hydrogen-bond donors (Lipinski definition) is 1. The molecule has 0 unspecified atom stereocenters. The molecule has 1 aliphatic rings. The van der Waals surface area contributed by atoms with Crippen molar-refractivity contribution < 1.29 is 4.79 Å². The van der Waals surface area contributed by atoms with Crippen molar-refractivity contribution in [3.05, 3.63) is 47.9 Å². The highest BCUT2D eigenvalue weighted by molar-refractivity contribution is 6.03. The van der Waals surface area contributed by atoms with E-state index in [1.807, 2.05) is 24.3 Å². The highest BCUT2D eigenvalue weighted by Gasteiger charge is 2.17. The van der Waals surface area contributed by atoms with Gasteiger partial charge in [0.05, 0.1) is 0 Å². The van der Waals surface area contributed by atoms with E-state index in [1.165, 1.54) is 24.7 Å². The predicted octanol–water partition coefficient (Wildman–Crippen LogP) is 3.63. The summed E-state index contributed by atoms with van der Waals surface area (Å²) in [6.07, 6.45) is 3.81. The van der Waals surface area contributed by atoms with Gasteiger partial charge in [-0.25, -0.2) is 9.97 Å². The third-order valence-corrected chi connectivity index (χ3v) is 4.32. The first-order valence-electron chi connectivity index (χ1n) is 8.42. The number of anilines is 2. The van der Waals surface area contributed by atoms with Crippen molar-refractivity contribution in [1.29, 1.82) is 0 Å². The Morgan fingerprint density at radius 1 is 1.08 bits per heavy atom. The second-order valence-electron chi connectivity index (χ2n) is 7.24. The van der Waals surface area contributed by atoms with Crippen molar-refractivity contribution in [2.24, 2.45) is 0 Å². The number of nitrogens with one attached hydrogen (secondary N) is 1. The van der Waals surface area contributed by atoms with E-state index in [-0.39, 0.29) is 11.3 Å². The van der Waals surface area contributed by atoms with Crippen LogP contribution >= 0.6 is 0 Å². The topological polar surface area (TPSA) is 58.1 Å². The van der Waals surface area contributed by atoms with Crippen molar-refractivity contribution in [3.63, 3.8) is 0 Å². The monoisotopic (exact) mass is 324 g/mol. The van der Waals surface area contributed by atoms with E-state index in [1.54, 1.807) is 6.07 Å². The van der Waals surface area contributed by atoms with Crippen molar-refractivity contribution in [2.75, 3.05) is 23.3 Å². The Hall–Kier alpha value is -2.43. The van der Waals surface area contributed by atoms with E-state index in [0.29, 0.717) is 5.69 Å². The molecule has 5 heteroatoms. The molecular formula is C19H24N4O. The third kappa shape index (κ3) is 3.72. The molecule has 1 fully saturated rings. The SMILES string of the molecule is CC(C)(C)c1ccc(NC(=O)c2cc(N3CCCC3)ncn2)cc1. The minimum Gasteiger partial charge on any atom is -0.357 e. The lowest BCUT2D eigenvalue weighted by atomic mass is 9.87. The molecule has 1 N–H and O–H groups in total. The van der Waals surface area contributed by atoms with Gasteiger partial charge in [0.15, 0.2) is 0 Å². The van der Waals surface area contributed by atoms with E-state index in [9.17, 15) is 4.79 Å². The van der Waals surface area contributed by atoms with Gasteiger partial charge in [-0.1, -0.05) is 32.9 Å². The van der Waals surface area contributed by atoms with Gasteiger partial charge >= 0.3 is 0 Å². The fourth-order valence-corrected chi connectivity index (χ4v) is 2.84. The number of hydrogen-bond acceptors (Lipinski definition) is 4. The summed E-state index contributed by atoms with van der Waals surface area (Å²) in [5.41, 5.74) is 2.50. The normalized spacial score (nSPS) is 14.7. The molecule has 0 atom stereocenters. The Morgan fingerprint density at radius 2 is 1.75 bits per heavy atom. The Labute approximate surface area is 143 Å². The van der Waals surface area contributed by atoms with Crippen LogP contribution in [0.5, 0.6) is 0 Å². The van der Waals surface area contributed by atoms with E-state index in [4.69, 9.17) is 0 Å². The molecule has 1 aromatic heterocycles. The quantitative estimate of drug-likeness (QED) is 0.937. The summed E-state index contributed by atoms with van der Waals surface area (Å²) < 4.78 is 0. The number of amides is 1. The summed E-state index contributed by atoms with van der Waals surface area (Å²) in [5.74, 6) is 0.622. The predicted molar refractivity (Wildman–Crippen MR) is 96.6 cm³/mol. The largest absolute Gasteiger partial charge is 0.357 e. The molecule has 1 saturated heterocycles. The van der Waals surface area contributed by atoms with Crippen molar-refractivity contribution >= 4 is 17.4 Å². The minimum absolute atomic E-state index is 0.0970. The molecule has 0 radical (unpaired) electrons. The van der Waals surface area contributed by atoms with Crippen LogP contribution in [0, 0.1) is 0 Å². The second kappa shape index (κ2) is 6.59. The zero-order valence-corrected chi connectivity index (χ0v) is 14.5. The first-order valence-corrected chi connectivity index (χ1v) is 8.42. The molecule has 0 bridgehead atoms. The van der Waals surface area contributed by atoms with Crippen LogP contribution in [0.1, 0.15) is 49.7 Å². The molecule has 3 rings (SSSR count). The fourth-order valence-electron chi connectivity index (χ4n) is 2.84. The van der Waals surface area contributed by atoms with Crippen LogP contribution in [0.25, 0.3) is 0 Å². The number of carbonyl (C=O) groups is 1. The Kier molecular flexibility index (Phi) is 4.51. The molecule has 5 nitrogen and oxygen atoms in total. The molecule has 2 aromatic rings. The summed E-state index contributed by atoms with van der Waals surface area (Å²) in [7, 11) is 0. The number of nitrogens with zero attached hydrogens (tertiary/aromatic N) is 3. The number of aromatic nitrogens is 2. The first-order chi connectivity index (χ1) is 11.4. The number of benzene rings is 1. The van der Waals surface area contributed by atoms with Crippen LogP contribution < -0.4 is 10.2 Å². The maximum atomic E-state index is 12.4. The molecule has 1 amide bonds. The molecule has 0 spiro atoms. The van der Waals surface area contributed by atoms with Gasteiger partial charge in [0.2, 0.25) is 0 Å². The highest BCUT2D eigenvalue weighted by Crippen LogP contribution is 2.24. The third-order valence-electron chi connectivity index (χ3n) is 4.32. The molecule has 126 valence electrons. The molecular weight excluding hydrogens is 300 g/mol. The molecule has 1 aliphatic heterocycles. The molecule has 1 aromatic carbocycles. The van der Waals surface area contributed by atoms with Gasteiger partial charge in [0.25, 0.3) is 5.91 Å². The van der Waals surface area contributed by atoms with E-state index in [0.717, 1.165) is 24.6 Å². The van der Waals surface area contributed by atoms with Gasteiger partial charge in [-0.05, 0) is 36.0 Å². The molecule has 0 aliphatic carbocycles. The molecule has 2 heterocycles. The lowest BCUT2D eigenvalue weighted by Crippen LogP contribution is -2.21. The fraction of sp³-hybridized carbons (Fsp3) is 0.421. The van der Waals surface area contributed by atoms with Crippen molar-refractivity contribution in [2.45, 2.75) is 39.0 Å². The molecule has 0 saturated carbocycles. The zero-order valence-electron chi connectivity index (χ0n) is 14.5. The second-order valence-corrected chi connectivity index (χ2v) is 7.24. The van der Waals surface area contributed by atoms with Crippen molar-refractivity contribution in [1.82, 2.24) is 9.97 Å². The van der Waals surface area contributed by atoms with Crippen LogP contribution in [0.2, 0.25) is 0 Å². The average Bonchev–Trinajstić information content (AvgIpc) is 3.09. The lowest BCUT2D eigenvalue weighted by molar-refractivity contribution is 0.102. The minimum atomic E-state index is -0.207. The van der Waals surface area contributed by atoms with Crippen LogP contribution in [-0.2, 0) is 5.41 Å². The zero-order chi connectivity index (χ0) is 17.2. The summed E-state index contributed by atoms with van der Waals surface area (Å²) in [4.78, 5) is 23.0. The lowest BCUT2D eigenvalue weighted by Gasteiger charge is -2.19. The summed E-state index contributed by atoms with van der Waals surface area (Å²) in [6, 6.07) is 9.72. The highest BCUT2D eigenvalue weighted by atomic mass is 16.1. The van der Waals surface area contributed by atoms with E-state index >= 15 is 0 Å².